The van der Waals surface area contributed by atoms with Gasteiger partial charge in [0.05, 0.1) is 5.39 Å². The van der Waals surface area contributed by atoms with Crippen LogP contribution in [0.5, 0.6) is 0 Å². The number of pyridine rings is 1. The third-order valence-electron chi connectivity index (χ3n) is 6.00. The van der Waals surface area contributed by atoms with E-state index < -0.39 is 8.07 Å². The molecule has 0 fully saturated rings. The maximum Gasteiger partial charge on any atom is 0.220 e. The van der Waals surface area contributed by atoms with Crippen molar-refractivity contribution in [2.75, 3.05) is 0 Å². The highest BCUT2D eigenvalue weighted by Gasteiger charge is 2.27. The molecule has 4 rings (SSSR count). The Morgan fingerprint density at radius 3 is 2.25 bits per heavy atom. The summed E-state index contributed by atoms with van der Waals surface area (Å²) >= 11 is 0. The summed E-state index contributed by atoms with van der Waals surface area (Å²) in [7, 11) is 0.436. The lowest BCUT2D eigenvalue weighted by atomic mass is 9.98. The molecule has 1 nitrogen and oxygen atoms in total. The van der Waals surface area contributed by atoms with Crippen LogP contribution in [0.2, 0.25) is 13.1 Å². The van der Waals surface area contributed by atoms with Gasteiger partial charge in [0.25, 0.3) is 0 Å². The van der Waals surface area contributed by atoms with E-state index in [1.165, 1.54) is 43.5 Å². The van der Waals surface area contributed by atoms with Crippen LogP contribution in [0.15, 0.2) is 79.0 Å². The Morgan fingerprint density at radius 1 is 0.750 bits per heavy atom. The van der Waals surface area contributed by atoms with Crippen LogP contribution >= 0.6 is 0 Å². The summed E-state index contributed by atoms with van der Waals surface area (Å²) in [5.74, 6) is 0. The number of nitrogens with zero attached hydrogens (tertiary/aromatic N) is 1. The molecule has 0 atom stereocenters. The van der Waals surface area contributed by atoms with E-state index in [4.69, 9.17) is 0 Å². The minimum Gasteiger partial charge on any atom is -0.200 e. The maximum atomic E-state index is 2.44. The van der Waals surface area contributed by atoms with E-state index in [0.717, 1.165) is 0 Å². The van der Waals surface area contributed by atoms with Gasteiger partial charge >= 0.3 is 0 Å². The summed E-state index contributed by atoms with van der Waals surface area (Å²) in [4.78, 5) is 0. The number of fused-ring (bicyclic) bond motifs is 1. The van der Waals surface area contributed by atoms with Crippen LogP contribution in [0, 0.1) is 13.8 Å². The van der Waals surface area contributed by atoms with Crippen LogP contribution in [0.3, 0.4) is 0 Å². The number of aryl methyl sites for hydroxylation is 3. The fourth-order valence-corrected chi connectivity index (χ4v) is 6.48. The van der Waals surface area contributed by atoms with Gasteiger partial charge in [-0.15, -0.1) is 0 Å². The van der Waals surface area contributed by atoms with Gasteiger partial charge < -0.3 is 0 Å². The molecule has 0 N–H and O–H groups in total. The lowest BCUT2D eigenvalue weighted by Crippen LogP contribution is -2.52. The van der Waals surface area contributed by atoms with Crippen molar-refractivity contribution in [3.63, 3.8) is 0 Å². The smallest absolute Gasteiger partial charge is 0.200 e. The summed E-state index contributed by atoms with van der Waals surface area (Å²) in [6, 6.07) is 27.1. The average molecular weight is 383 g/mol. The number of hydrogen-bond acceptors (Lipinski definition) is 0. The van der Waals surface area contributed by atoms with Crippen molar-refractivity contribution in [1.82, 2.24) is 0 Å². The minimum absolute atomic E-state index is 1.30. The Balaban J connectivity index is 1.92. The van der Waals surface area contributed by atoms with E-state index in [9.17, 15) is 0 Å². The molecule has 0 saturated heterocycles. The zero-order valence-corrected chi connectivity index (χ0v) is 18.5. The standard InChI is InChI=1S/C26H28NSi/c1-19-11-12-20(2)25(17-19)26-24-14-13-23(18-21(24)15-16-27(26)3)28(4,5)22-9-7-6-8-10-22/h6-18H,1-5H3/q+1. The summed E-state index contributed by atoms with van der Waals surface area (Å²) in [6.45, 7) is 9.25. The highest BCUT2D eigenvalue weighted by Crippen LogP contribution is 2.28. The Labute approximate surface area is 169 Å². The van der Waals surface area contributed by atoms with E-state index >= 15 is 0 Å². The molecule has 28 heavy (non-hydrogen) atoms. The lowest BCUT2D eigenvalue weighted by molar-refractivity contribution is -0.659. The number of hydrogen-bond donors (Lipinski definition) is 0. The highest BCUT2D eigenvalue weighted by atomic mass is 28.3. The number of benzene rings is 3. The molecule has 3 aromatic carbocycles. The third kappa shape index (κ3) is 3.18. The van der Waals surface area contributed by atoms with Crippen molar-refractivity contribution in [3.05, 3.63) is 90.1 Å². The molecule has 0 saturated carbocycles. The topological polar surface area (TPSA) is 3.88 Å². The molecule has 0 unspecified atom stereocenters. The Bertz CT molecular complexity index is 1160. The fraction of sp³-hybridized carbons (Fsp3) is 0.192. The third-order valence-corrected chi connectivity index (χ3v) is 9.53. The van der Waals surface area contributed by atoms with E-state index in [1.807, 2.05) is 0 Å². The van der Waals surface area contributed by atoms with Crippen LogP contribution < -0.4 is 14.9 Å². The highest BCUT2D eigenvalue weighted by molar-refractivity contribution is 7.00. The minimum atomic E-state index is -1.71. The van der Waals surface area contributed by atoms with Gasteiger partial charge in [-0.1, -0.05) is 83.6 Å². The molecule has 2 heteroatoms. The molecule has 4 aromatic rings. The fourth-order valence-electron chi connectivity index (χ4n) is 4.11. The summed E-state index contributed by atoms with van der Waals surface area (Å²) in [5, 5.41) is 5.60. The molecule has 1 heterocycles. The van der Waals surface area contributed by atoms with Gasteiger partial charge in [-0.25, -0.2) is 4.57 Å². The van der Waals surface area contributed by atoms with Crippen molar-refractivity contribution in [2.24, 2.45) is 7.05 Å². The molecule has 1 aromatic heterocycles. The Kier molecular flexibility index (Phi) is 4.68. The van der Waals surface area contributed by atoms with Gasteiger partial charge in [-0.05, 0) is 36.9 Å². The van der Waals surface area contributed by atoms with Crippen molar-refractivity contribution in [3.8, 4) is 11.3 Å². The average Bonchev–Trinajstić information content (AvgIpc) is 2.70. The molecule has 0 radical (unpaired) electrons. The predicted molar refractivity (Wildman–Crippen MR) is 123 cm³/mol. The molecule has 140 valence electrons. The zero-order chi connectivity index (χ0) is 19.9. The lowest BCUT2D eigenvalue weighted by Gasteiger charge is -2.24. The van der Waals surface area contributed by atoms with Crippen LogP contribution in [0.25, 0.3) is 22.0 Å². The number of rotatable bonds is 3. The first-order valence-corrected chi connectivity index (χ1v) is 12.9. The zero-order valence-electron chi connectivity index (χ0n) is 17.5. The van der Waals surface area contributed by atoms with Gasteiger partial charge in [0.2, 0.25) is 5.69 Å². The van der Waals surface area contributed by atoms with Crippen molar-refractivity contribution in [1.29, 1.82) is 0 Å². The predicted octanol–water partition coefficient (Wildman–Crippen LogP) is 4.77. The Hall–Kier alpha value is -2.71. The summed E-state index contributed by atoms with van der Waals surface area (Å²) in [5.41, 5.74) is 5.23. The first-order valence-electron chi connectivity index (χ1n) is 9.94. The van der Waals surface area contributed by atoms with Gasteiger partial charge in [-0.2, -0.15) is 0 Å². The van der Waals surface area contributed by atoms with Crippen LogP contribution in [-0.2, 0) is 7.05 Å². The van der Waals surface area contributed by atoms with Crippen molar-refractivity contribution < 1.29 is 4.57 Å². The summed E-state index contributed by atoms with van der Waals surface area (Å²) < 4.78 is 2.25. The first-order chi connectivity index (χ1) is 13.4. The quantitative estimate of drug-likeness (QED) is 0.355. The first kappa shape index (κ1) is 18.6. The second-order valence-corrected chi connectivity index (χ2v) is 12.8. The van der Waals surface area contributed by atoms with E-state index in [0.29, 0.717) is 0 Å². The van der Waals surface area contributed by atoms with Crippen LogP contribution in [-0.4, -0.2) is 8.07 Å². The molecule has 0 aliphatic heterocycles. The second kappa shape index (κ2) is 7.03. The molecule has 0 bridgehead atoms. The van der Waals surface area contributed by atoms with E-state index in [1.54, 1.807) is 0 Å². The Morgan fingerprint density at radius 2 is 1.50 bits per heavy atom. The molecular weight excluding hydrogens is 354 g/mol. The molecule has 0 aliphatic carbocycles. The molecule has 0 aliphatic rings. The van der Waals surface area contributed by atoms with Crippen molar-refractivity contribution >= 4 is 29.2 Å². The van der Waals surface area contributed by atoms with Crippen LogP contribution in [0.1, 0.15) is 11.1 Å². The maximum absolute atomic E-state index is 2.44. The number of aromatic nitrogens is 1. The molecule has 0 spiro atoms. The van der Waals surface area contributed by atoms with Gasteiger partial charge in [-0.3, -0.25) is 0 Å². The normalized spacial score (nSPS) is 11.8. The van der Waals surface area contributed by atoms with Gasteiger partial charge in [0.15, 0.2) is 6.20 Å². The monoisotopic (exact) mass is 382 g/mol. The largest absolute Gasteiger partial charge is 0.220 e. The van der Waals surface area contributed by atoms with E-state index in [2.05, 4.69) is 118 Å². The van der Waals surface area contributed by atoms with Crippen LogP contribution in [0.4, 0.5) is 0 Å². The molecule has 0 amide bonds. The van der Waals surface area contributed by atoms with Crippen molar-refractivity contribution in [2.45, 2.75) is 26.9 Å². The SMILES string of the molecule is Cc1ccc(C)c(-c2c3ccc([Si](C)(C)c4ccccc4)cc3cc[n+]2C)c1. The second-order valence-electron chi connectivity index (χ2n) is 8.39. The van der Waals surface area contributed by atoms with E-state index in [-0.39, 0.29) is 0 Å². The van der Waals surface area contributed by atoms with Gasteiger partial charge in [0, 0.05) is 11.6 Å². The molecular formula is C26H28NSi+. The summed E-state index contributed by atoms with van der Waals surface area (Å²) in [6.07, 6.45) is 2.19. The van der Waals surface area contributed by atoms with Gasteiger partial charge in [0.1, 0.15) is 15.1 Å².